The predicted octanol–water partition coefficient (Wildman–Crippen LogP) is 7.59. The molecule has 0 amide bonds. The highest BCUT2D eigenvalue weighted by molar-refractivity contribution is 5.89. The number of aryl methyl sites for hydroxylation is 1. The fourth-order valence-corrected chi connectivity index (χ4v) is 5.21. The molecule has 0 radical (unpaired) electrons. The molecule has 0 spiro atoms. The van der Waals surface area contributed by atoms with E-state index in [4.69, 9.17) is 4.74 Å². The molecule has 2 nitrogen and oxygen atoms in total. The molecule has 2 aromatic carbocycles. The zero-order valence-corrected chi connectivity index (χ0v) is 18.8. The van der Waals surface area contributed by atoms with Crippen LogP contribution in [0, 0.1) is 30.3 Å². The molecule has 0 aromatic heterocycles. The van der Waals surface area contributed by atoms with Crippen molar-refractivity contribution in [3.63, 3.8) is 0 Å². The van der Waals surface area contributed by atoms with Crippen molar-refractivity contribution in [1.82, 2.24) is 0 Å². The fraction of sp³-hybridized carbons (Fsp3) is 0.519. The molecule has 0 atom stereocenters. The Morgan fingerprint density at radius 3 is 1.88 bits per heavy atom. The number of carbonyl (C=O) groups is 1. The molecule has 0 saturated heterocycles. The summed E-state index contributed by atoms with van der Waals surface area (Å²) in [6, 6.07) is 7.84. The summed E-state index contributed by atoms with van der Waals surface area (Å²) in [5, 5.41) is 0. The van der Waals surface area contributed by atoms with Crippen LogP contribution in [0.25, 0.3) is 0 Å². The fourth-order valence-electron chi connectivity index (χ4n) is 5.21. The van der Waals surface area contributed by atoms with Gasteiger partial charge in [-0.3, -0.25) is 0 Å². The average Bonchev–Trinajstić information content (AvgIpc) is 2.79. The third-order valence-corrected chi connectivity index (χ3v) is 7.39. The molecule has 4 rings (SSSR count). The molecule has 0 bridgehead atoms. The van der Waals surface area contributed by atoms with Gasteiger partial charge in [0.1, 0.15) is 11.9 Å². The maximum absolute atomic E-state index is 15.0. The lowest BCUT2D eigenvalue weighted by atomic mass is 9.77. The lowest BCUT2D eigenvalue weighted by Gasteiger charge is -2.30. The first-order chi connectivity index (χ1) is 15.3. The number of rotatable bonds is 4. The second kappa shape index (κ2) is 9.68. The minimum absolute atomic E-state index is 0.0864. The van der Waals surface area contributed by atoms with Gasteiger partial charge in [0.15, 0.2) is 11.6 Å². The van der Waals surface area contributed by atoms with Crippen LogP contribution < -0.4 is 0 Å². The first-order valence-electron chi connectivity index (χ1n) is 11.8. The lowest BCUT2D eigenvalue weighted by Crippen LogP contribution is -2.24. The lowest BCUT2D eigenvalue weighted by molar-refractivity contribution is 0.0193. The van der Waals surface area contributed by atoms with Crippen molar-refractivity contribution < 1.29 is 22.7 Å². The van der Waals surface area contributed by atoms with Gasteiger partial charge in [-0.25, -0.2) is 18.0 Å². The second-order valence-corrected chi connectivity index (χ2v) is 9.67. The summed E-state index contributed by atoms with van der Waals surface area (Å²) >= 11 is 0. The Bertz CT molecular complexity index is 971. The first kappa shape index (κ1) is 22.9. The minimum atomic E-state index is -0.711. The highest BCUT2D eigenvalue weighted by Gasteiger charge is 2.30. The highest BCUT2D eigenvalue weighted by atomic mass is 19.2. The summed E-state index contributed by atoms with van der Waals surface area (Å²) < 4.78 is 49.2. The Kier molecular flexibility index (Phi) is 6.92. The molecule has 0 N–H and O–H groups in total. The Balaban J connectivity index is 1.37. The molecule has 0 aliphatic heterocycles. The number of carbonyl (C=O) groups excluding carboxylic acids is 1. The van der Waals surface area contributed by atoms with Crippen LogP contribution in [-0.4, -0.2) is 12.1 Å². The highest BCUT2D eigenvalue weighted by Crippen LogP contribution is 2.40. The zero-order chi connectivity index (χ0) is 22.8. The SMILES string of the molecule is Cc1ccc(C(=O)OC2CCC(c3ccc(C4CCC(C)CC4)c(F)c3F)CC2)cc1F. The molecular weight excluding hydrogens is 413 g/mol. The van der Waals surface area contributed by atoms with E-state index in [0.29, 0.717) is 48.3 Å². The van der Waals surface area contributed by atoms with Gasteiger partial charge < -0.3 is 4.74 Å². The summed E-state index contributed by atoms with van der Waals surface area (Å²) in [5.41, 5.74) is 1.61. The normalized spacial score (nSPS) is 26.0. The maximum Gasteiger partial charge on any atom is 0.338 e. The summed E-state index contributed by atoms with van der Waals surface area (Å²) in [5.74, 6) is -1.70. The van der Waals surface area contributed by atoms with Crippen molar-refractivity contribution in [2.75, 3.05) is 0 Å². The average molecular weight is 445 g/mol. The van der Waals surface area contributed by atoms with Crippen molar-refractivity contribution in [2.24, 2.45) is 5.92 Å². The van der Waals surface area contributed by atoms with Gasteiger partial charge in [0.25, 0.3) is 0 Å². The number of halogens is 3. The van der Waals surface area contributed by atoms with Crippen LogP contribution >= 0.6 is 0 Å². The number of hydrogen-bond donors (Lipinski definition) is 0. The molecule has 5 heteroatoms. The Morgan fingerprint density at radius 2 is 1.34 bits per heavy atom. The standard InChI is InChI=1S/C27H31F3O2/c1-16-3-6-18(7-4-16)22-13-14-23(26(30)25(22)29)19-9-11-21(12-10-19)32-27(31)20-8-5-17(2)24(28)15-20/h5,8,13-16,18-19,21H,3-4,6-7,9-12H2,1-2H3. The van der Waals surface area contributed by atoms with Crippen LogP contribution in [0.5, 0.6) is 0 Å². The van der Waals surface area contributed by atoms with Gasteiger partial charge in [0, 0.05) is 0 Å². The third-order valence-electron chi connectivity index (χ3n) is 7.39. The number of esters is 1. The maximum atomic E-state index is 15.0. The van der Waals surface area contributed by atoms with Gasteiger partial charge in [0.05, 0.1) is 5.56 Å². The summed E-state index contributed by atoms with van der Waals surface area (Å²) in [7, 11) is 0. The number of hydrogen-bond acceptors (Lipinski definition) is 2. The Hall–Kier alpha value is -2.30. The van der Waals surface area contributed by atoms with Crippen molar-refractivity contribution in [3.05, 3.63) is 70.0 Å². The van der Waals surface area contributed by atoms with Crippen LogP contribution in [0.15, 0.2) is 30.3 Å². The van der Waals surface area contributed by atoms with Gasteiger partial charge in [0.2, 0.25) is 0 Å². The third kappa shape index (κ3) is 4.87. The quantitative estimate of drug-likeness (QED) is 0.454. The molecule has 2 fully saturated rings. The number of ether oxygens (including phenoxy) is 1. The van der Waals surface area contributed by atoms with Gasteiger partial charge in [-0.15, -0.1) is 0 Å². The summed E-state index contributed by atoms with van der Waals surface area (Å²) in [6.07, 6.45) is 6.06. The van der Waals surface area contributed by atoms with Crippen molar-refractivity contribution in [3.8, 4) is 0 Å². The molecule has 32 heavy (non-hydrogen) atoms. The van der Waals surface area contributed by atoms with Crippen molar-refractivity contribution in [1.29, 1.82) is 0 Å². The van der Waals surface area contributed by atoms with Gasteiger partial charge >= 0.3 is 5.97 Å². The van der Waals surface area contributed by atoms with E-state index in [9.17, 15) is 18.0 Å². The molecule has 2 aliphatic carbocycles. The van der Waals surface area contributed by atoms with E-state index in [-0.39, 0.29) is 23.5 Å². The van der Waals surface area contributed by atoms with Crippen molar-refractivity contribution >= 4 is 5.97 Å². The number of benzene rings is 2. The summed E-state index contributed by atoms with van der Waals surface area (Å²) in [6.45, 7) is 3.85. The topological polar surface area (TPSA) is 26.3 Å². The minimum Gasteiger partial charge on any atom is -0.459 e. The Morgan fingerprint density at radius 1 is 0.812 bits per heavy atom. The van der Waals surface area contributed by atoms with E-state index >= 15 is 0 Å². The van der Waals surface area contributed by atoms with E-state index in [1.54, 1.807) is 31.2 Å². The predicted molar refractivity (Wildman–Crippen MR) is 118 cm³/mol. The van der Waals surface area contributed by atoms with E-state index in [1.165, 1.54) is 6.07 Å². The largest absolute Gasteiger partial charge is 0.459 e. The van der Waals surface area contributed by atoms with E-state index in [0.717, 1.165) is 25.7 Å². The van der Waals surface area contributed by atoms with Gasteiger partial charge in [-0.2, -0.15) is 0 Å². The van der Waals surface area contributed by atoms with Crippen LogP contribution in [0.1, 0.15) is 97.2 Å². The summed E-state index contributed by atoms with van der Waals surface area (Å²) in [4.78, 5) is 12.3. The molecular formula is C27H31F3O2. The van der Waals surface area contributed by atoms with Crippen LogP contribution in [0.4, 0.5) is 13.2 Å². The monoisotopic (exact) mass is 444 g/mol. The molecule has 2 saturated carbocycles. The molecule has 2 aliphatic rings. The van der Waals surface area contributed by atoms with E-state index < -0.39 is 23.4 Å². The van der Waals surface area contributed by atoms with Crippen molar-refractivity contribution in [2.45, 2.75) is 83.2 Å². The van der Waals surface area contributed by atoms with Crippen LogP contribution in [-0.2, 0) is 4.74 Å². The Labute approximate surface area is 188 Å². The van der Waals surface area contributed by atoms with Crippen LogP contribution in [0.2, 0.25) is 0 Å². The molecule has 2 aromatic rings. The molecule has 0 heterocycles. The molecule has 172 valence electrons. The van der Waals surface area contributed by atoms with Crippen LogP contribution in [0.3, 0.4) is 0 Å². The smallest absolute Gasteiger partial charge is 0.338 e. The first-order valence-corrected chi connectivity index (χ1v) is 11.8. The second-order valence-electron chi connectivity index (χ2n) is 9.67. The van der Waals surface area contributed by atoms with Gasteiger partial charge in [-0.1, -0.05) is 38.0 Å². The van der Waals surface area contributed by atoms with E-state index in [1.807, 2.05) is 0 Å². The van der Waals surface area contributed by atoms with E-state index in [2.05, 4.69) is 6.92 Å². The van der Waals surface area contributed by atoms with Gasteiger partial charge in [-0.05, 0) is 92.0 Å². The molecule has 0 unspecified atom stereocenters. The zero-order valence-electron chi connectivity index (χ0n) is 18.8.